The van der Waals surface area contributed by atoms with Gasteiger partial charge < -0.3 is 10.2 Å². The Hall–Kier alpha value is -2.28. The average molecular weight is 224 g/mol. The summed E-state index contributed by atoms with van der Waals surface area (Å²) >= 11 is 0. The van der Waals surface area contributed by atoms with Crippen molar-refractivity contribution in [1.82, 2.24) is 9.78 Å². The van der Waals surface area contributed by atoms with Crippen molar-refractivity contribution < 1.29 is 0 Å². The number of hydrogen-bond acceptors (Lipinski definition) is 2. The first-order valence-electron chi connectivity index (χ1n) is 5.47. The van der Waals surface area contributed by atoms with Crippen molar-refractivity contribution in [3.8, 4) is 5.69 Å². The van der Waals surface area contributed by atoms with Crippen LogP contribution in [0.1, 0.15) is 19.4 Å². The van der Waals surface area contributed by atoms with E-state index in [0.717, 1.165) is 11.5 Å². The summed E-state index contributed by atoms with van der Waals surface area (Å²) in [5.41, 5.74) is 2.08. The quantitative estimate of drug-likeness (QED) is 0.698. The number of anilines is 1. The van der Waals surface area contributed by atoms with Crippen LogP contribution >= 0.6 is 0 Å². The molecule has 0 saturated heterocycles. The lowest BCUT2D eigenvalue weighted by Crippen LogP contribution is -2.34. The third kappa shape index (κ3) is 1.32. The Morgan fingerprint density at radius 1 is 1.35 bits per heavy atom. The summed E-state index contributed by atoms with van der Waals surface area (Å²) in [6.07, 6.45) is 0. The van der Waals surface area contributed by atoms with Crippen LogP contribution in [0.2, 0.25) is 0 Å². The molecule has 0 aliphatic carbocycles. The zero-order valence-electron chi connectivity index (χ0n) is 9.73. The number of benzene rings is 1. The highest BCUT2D eigenvalue weighted by Crippen LogP contribution is 2.37. The summed E-state index contributed by atoms with van der Waals surface area (Å²) in [5, 5.41) is 7.68. The van der Waals surface area contributed by atoms with Gasteiger partial charge in [0.15, 0.2) is 0 Å². The smallest absolute Gasteiger partial charge is 0.298 e. The van der Waals surface area contributed by atoms with E-state index in [2.05, 4.69) is 35.2 Å². The van der Waals surface area contributed by atoms with Crippen LogP contribution in [0.4, 0.5) is 11.6 Å². The van der Waals surface area contributed by atoms with E-state index in [4.69, 9.17) is 6.57 Å². The van der Waals surface area contributed by atoms with Crippen LogP contribution in [0.15, 0.2) is 30.3 Å². The molecule has 1 aromatic heterocycles. The normalized spacial score (nSPS) is 15.4. The summed E-state index contributed by atoms with van der Waals surface area (Å²) in [6.45, 7) is 11.3. The Kier molecular flexibility index (Phi) is 1.81. The molecule has 1 aromatic carbocycles. The zero-order chi connectivity index (χ0) is 12.0. The van der Waals surface area contributed by atoms with Gasteiger partial charge in [0.2, 0.25) is 0 Å². The molecule has 0 atom stereocenters. The number of rotatable bonds is 0. The highest BCUT2D eigenvalue weighted by atomic mass is 15.4. The van der Waals surface area contributed by atoms with Gasteiger partial charge in [-0.2, -0.15) is 0 Å². The molecule has 0 spiro atoms. The Bertz CT molecular complexity index is 631. The minimum atomic E-state index is -0.147. The second-order valence-corrected chi connectivity index (χ2v) is 4.68. The molecule has 3 rings (SSSR count). The fourth-order valence-electron chi connectivity index (χ4n) is 2.27. The number of para-hydroxylation sites is 1. The van der Waals surface area contributed by atoms with Crippen molar-refractivity contribution >= 4 is 11.6 Å². The van der Waals surface area contributed by atoms with E-state index >= 15 is 0 Å². The molecule has 1 N–H and O–H groups in total. The van der Waals surface area contributed by atoms with Gasteiger partial charge in [-0.25, -0.2) is 0 Å². The molecule has 84 valence electrons. The van der Waals surface area contributed by atoms with Crippen LogP contribution < -0.4 is 5.32 Å². The molecule has 0 unspecified atom stereocenters. The second-order valence-electron chi connectivity index (χ2n) is 4.68. The van der Waals surface area contributed by atoms with Crippen molar-refractivity contribution in [3.63, 3.8) is 0 Å². The maximum Gasteiger partial charge on any atom is 0.298 e. The largest absolute Gasteiger partial charge is 0.360 e. The van der Waals surface area contributed by atoms with E-state index in [0.29, 0.717) is 5.82 Å². The second kappa shape index (κ2) is 3.11. The van der Waals surface area contributed by atoms with Gasteiger partial charge in [0.05, 0.1) is 11.2 Å². The van der Waals surface area contributed by atoms with Gasteiger partial charge in [-0.05, 0) is 25.0 Å². The minimum Gasteiger partial charge on any atom is -0.360 e. The highest BCUT2D eigenvalue weighted by Gasteiger charge is 2.32. The predicted octanol–water partition coefficient (Wildman–Crippen LogP) is 3.08. The van der Waals surface area contributed by atoms with E-state index in [1.54, 1.807) is 10.7 Å². The molecule has 0 bridgehead atoms. The molecule has 2 aromatic rings. The number of fused-ring (bicyclic) bond motifs is 3. The predicted molar refractivity (Wildman–Crippen MR) is 66.5 cm³/mol. The van der Waals surface area contributed by atoms with Crippen LogP contribution in [-0.4, -0.2) is 9.78 Å². The van der Waals surface area contributed by atoms with Crippen molar-refractivity contribution in [2.45, 2.75) is 19.4 Å². The Morgan fingerprint density at radius 3 is 2.88 bits per heavy atom. The van der Waals surface area contributed by atoms with E-state index < -0.39 is 0 Å². The fourth-order valence-corrected chi connectivity index (χ4v) is 2.27. The van der Waals surface area contributed by atoms with Crippen LogP contribution in [0.5, 0.6) is 0 Å². The van der Waals surface area contributed by atoms with Crippen molar-refractivity contribution in [2.75, 3.05) is 5.32 Å². The van der Waals surface area contributed by atoms with Gasteiger partial charge in [0.1, 0.15) is 5.82 Å². The van der Waals surface area contributed by atoms with E-state index in [1.165, 1.54) is 5.56 Å². The van der Waals surface area contributed by atoms with Gasteiger partial charge in [-0.1, -0.05) is 24.8 Å². The molecule has 0 amide bonds. The average Bonchev–Trinajstić information content (AvgIpc) is 2.71. The molecular formula is C13H12N4. The molecular weight excluding hydrogens is 212 g/mol. The molecule has 4 heteroatoms. The lowest BCUT2D eigenvalue weighted by Gasteiger charge is -2.33. The molecule has 1 aliphatic heterocycles. The molecule has 1 aliphatic rings. The first kappa shape index (κ1) is 9.91. The van der Waals surface area contributed by atoms with Crippen molar-refractivity contribution in [3.05, 3.63) is 47.3 Å². The Labute approximate surface area is 99.7 Å². The molecule has 0 saturated carbocycles. The van der Waals surface area contributed by atoms with Crippen LogP contribution in [0.3, 0.4) is 0 Å². The monoisotopic (exact) mass is 224 g/mol. The third-order valence-corrected chi connectivity index (χ3v) is 3.06. The third-order valence-electron chi connectivity index (χ3n) is 3.06. The number of nitrogens with one attached hydrogen (secondary N) is 1. The van der Waals surface area contributed by atoms with Gasteiger partial charge in [0.25, 0.3) is 5.82 Å². The molecule has 2 heterocycles. The maximum absolute atomic E-state index is 7.03. The standard InChI is InChI=1S/C13H12N4/c1-13(2)9-6-4-5-7-10(9)17-12(15-13)8-11(14-3)16-17/h4-8,15H,1-2H3. The number of nitrogens with zero attached hydrogens (tertiary/aromatic N) is 3. The van der Waals surface area contributed by atoms with Gasteiger partial charge in [0, 0.05) is 11.6 Å². The summed E-state index contributed by atoms with van der Waals surface area (Å²) in [7, 11) is 0. The summed E-state index contributed by atoms with van der Waals surface area (Å²) in [5.74, 6) is 1.29. The first-order valence-corrected chi connectivity index (χ1v) is 5.47. The zero-order valence-corrected chi connectivity index (χ0v) is 9.73. The summed E-state index contributed by atoms with van der Waals surface area (Å²) < 4.78 is 1.80. The maximum atomic E-state index is 7.03. The lowest BCUT2D eigenvalue weighted by atomic mass is 9.91. The van der Waals surface area contributed by atoms with Crippen LogP contribution in [-0.2, 0) is 5.54 Å². The molecule has 0 radical (unpaired) electrons. The Morgan fingerprint density at radius 2 is 2.12 bits per heavy atom. The van der Waals surface area contributed by atoms with Crippen LogP contribution in [0.25, 0.3) is 10.5 Å². The Balaban J connectivity index is 2.31. The van der Waals surface area contributed by atoms with Gasteiger partial charge in [-0.3, -0.25) is 0 Å². The minimum absolute atomic E-state index is 0.147. The van der Waals surface area contributed by atoms with Crippen molar-refractivity contribution in [1.29, 1.82) is 0 Å². The lowest BCUT2D eigenvalue weighted by molar-refractivity contribution is 0.575. The number of aromatic nitrogens is 2. The van der Waals surface area contributed by atoms with Gasteiger partial charge in [-0.15, -0.1) is 4.68 Å². The number of hydrogen-bond donors (Lipinski definition) is 1. The van der Waals surface area contributed by atoms with Gasteiger partial charge >= 0.3 is 0 Å². The molecule has 17 heavy (non-hydrogen) atoms. The SMILES string of the molecule is [C-]#[N+]c1cc2n(n1)-c1ccccc1C(C)(C)N2. The van der Waals surface area contributed by atoms with Crippen LogP contribution in [0, 0.1) is 6.57 Å². The van der Waals surface area contributed by atoms with E-state index in [9.17, 15) is 0 Å². The van der Waals surface area contributed by atoms with Crippen molar-refractivity contribution in [2.24, 2.45) is 0 Å². The topological polar surface area (TPSA) is 34.2 Å². The molecule has 4 nitrogen and oxygen atoms in total. The summed E-state index contributed by atoms with van der Waals surface area (Å²) in [4.78, 5) is 3.37. The molecule has 0 fully saturated rings. The first-order chi connectivity index (χ1) is 8.12. The van der Waals surface area contributed by atoms with E-state index in [-0.39, 0.29) is 5.54 Å². The van der Waals surface area contributed by atoms with E-state index in [1.807, 2.05) is 18.2 Å². The highest BCUT2D eigenvalue weighted by molar-refractivity contribution is 5.62. The fraction of sp³-hybridized carbons (Fsp3) is 0.231. The summed E-state index contributed by atoms with van der Waals surface area (Å²) in [6, 6.07) is 9.91.